The lowest BCUT2D eigenvalue weighted by Gasteiger charge is -2.22. The van der Waals surface area contributed by atoms with Gasteiger partial charge in [0.25, 0.3) is 0 Å². The third kappa shape index (κ3) is 2.78. The van der Waals surface area contributed by atoms with E-state index in [0.29, 0.717) is 18.0 Å². The van der Waals surface area contributed by atoms with E-state index in [-0.39, 0.29) is 0 Å². The molecule has 1 N–H and O–H groups in total. The van der Waals surface area contributed by atoms with Gasteiger partial charge in [-0.25, -0.2) is 4.79 Å². The quantitative estimate of drug-likeness (QED) is 0.647. The van der Waals surface area contributed by atoms with Crippen LogP contribution in [0.5, 0.6) is 0 Å². The fourth-order valence-electron chi connectivity index (χ4n) is 2.31. The van der Waals surface area contributed by atoms with Crippen LogP contribution in [0.1, 0.15) is 30.1 Å². The molecule has 1 fully saturated rings. The van der Waals surface area contributed by atoms with Gasteiger partial charge in [-0.2, -0.15) is 5.10 Å². The van der Waals surface area contributed by atoms with Crippen LogP contribution in [0.15, 0.2) is 24.4 Å². The maximum Gasteiger partial charge on any atom is 0.128 e. The Labute approximate surface area is 107 Å². The van der Waals surface area contributed by atoms with Crippen LogP contribution >= 0.6 is 0 Å². The van der Waals surface area contributed by atoms with Crippen molar-refractivity contribution in [2.45, 2.75) is 32.2 Å². The summed E-state index contributed by atoms with van der Waals surface area (Å²) in [7, 11) is 0. The van der Waals surface area contributed by atoms with E-state index in [1.54, 1.807) is 6.08 Å². The molecule has 0 aromatic carbocycles. The zero-order valence-electron chi connectivity index (χ0n) is 10.8. The minimum atomic E-state index is 0.478. The summed E-state index contributed by atoms with van der Waals surface area (Å²) in [6, 6.07) is 0.478. The summed E-state index contributed by atoms with van der Waals surface area (Å²) >= 11 is 0. The highest BCUT2D eigenvalue weighted by Gasteiger charge is 2.17. The van der Waals surface area contributed by atoms with Crippen LogP contribution < -0.4 is 5.32 Å². The van der Waals surface area contributed by atoms with Crippen molar-refractivity contribution in [1.29, 1.82) is 0 Å². The van der Waals surface area contributed by atoms with Gasteiger partial charge < -0.3 is 5.32 Å². The molecule has 96 valence electrons. The SMILES string of the molecule is C=CC(=C=O)Cc1cn(C2CCNCC2)nc1C. The zero-order valence-corrected chi connectivity index (χ0v) is 10.8. The average Bonchev–Trinajstić information content (AvgIpc) is 2.78. The molecule has 1 aliphatic rings. The van der Waals surface area contributed by atoms with Gasteiger partial charge in [0.2, 0.25) is 0 Å². The van der Waals surface area contributed by atoms with Crippen LogP contribution in [0.4, 0.5) is 0 Å². The number of hydrogen-bond donors (Lipinski definition) is 1. The Bertz CT molecular complexity index is 477. The standard InChI is InChI=1S/C14H19N3O/c1-3-12(10-18)8-13-9-17(16-11(13)2)14-4-6-15-7-5-14/h3,9,14-15H,1,4-8H2,2H3. The number of carbonyl (C=O) groups excluding carboxylic acids is 1. The summed E-state index contributed by atoms with van der Waals surface area (Å²) < 4.78 is 2.05. The van der Waals surface area contributed by atoms with Gasteiger partial charge in [-0.15, -0.1) is 0 Å². The maximum atomic E-state index is 10.7. The highest BCUT2D eigenvalue weighted by atomic mass is 16.1. The molecule has 0 saturated carbocycles. The Kier molecular flexibility index (Phi) is 4.13. The summed E-state index contributed by atoms with van der Waals surface area (Å²) in [5.74, 6) is 1.92. The van der Waals surface area contributed by atoms with Crippen LogP contribution in [-0.4, -0.2) is 28.8 Å². The average molecular weight is 245 g/mol. The lowest BCUT2D eigenvalue weighted by atomic mass is 10.1. The largest absolute Gasteiger partial charge is 0.317 e. The van der Waals surface area contributed by atoms with E-state index < -0.39 is 0 Å². The Morgan fingerprint density at radius 2 is 2.39 bits per heavy atom. The number of nitrogens with zero attached hydrogens (tertiary/aromatic N) is 2. The van der Waals surface area contributed by atoms with Gasteiger partial charge in [0.1, 0.15) is 5.94 Å². The summed E-state index contributed by atoms with van der Waals surface area (Å²) in [4.78, 5) is 10.7. The number of rotatable bonds is 4. The number of nitrogens with one attached hydrogen (secondary N) is 1. The number of aryl methyl sites for hydroxylation is 1. The molecular weight excluding hydrogens is 226 g/mol. The summed E-state index contributed by atoms with van der Waals surface area (Å²) in [5, 5.41) is 7.91. The molecule has 0 amide bonds. The highest BCUT2D eigenvalue weighted by Crippen LogP contribution is 2.20. The van der Waals surface area contributed by atoms with Crippen molar-refractivity contribution >= 4 is 5.94 Å². The molecule has 0 atom stereocenters. The first-order valence-corrected chi connectivity index (χ1v) is 6.36. The molecule has 1 saturated heterocycles. The smallest absolute Gasteiger partial charge is 0.128 e. The van der Waals surface area contributed by atoms with E-state index in [4.69, 9.17) is 0 Å². The number of hydrogen-bond acceptors (Lipinski definition) is 3. The Hall–Kier alpha value is -1.64. The Morgan fingerprint density at radius 3 is 3.00 bits per heavy atom. The number of piperidine rings is 1. The van der Waals surface area contributed by atoms with Gasteiger partial charge in [-0.3, -0.25) is 4.68 Å². The predicted octanol–water partition coefficient (Wildman–Crippen LogP) is 1.60. The second kappa shape index (κ2) is 5.80. The van der Waals surface area contributed by atoms with Crippen LogP contribution in [0, 0.1) is 6.92 Å². The van der Waals surface area contributed by atoms with Gasteiger partial charge >= 0.3 is 0 Å². The maximum absolute atomic E-state index is 10.7. The third-order valence-electron chi connectivity index (χ3n) is 3.46. The molecule has 2 heterocycles. The number of allylic oxidation sites excluding steroid dienone is 2. The summed E-state index contributed by atoms with van der Waals surface area (Å²) in [6.45, 7) is 7.70. The molecule has 4 heteroatoms. The Morgan fingerprint density at radius 1 is 1.67 bits per heavy atom. The monoisotopic (exact) mass is 245 g/mol. The summed E-state index contributed by atoms with van der Waals surface area (Å²) in [6.07, 6.45) is 6.42. The normalized spacial score (nSPS) is 16.3. The molecule has 18 heavy (non-hydrogen) atoms. The van der Waals surface area contributed by atoms with Crippen molar-refractivity contribution in [2.75, 3.05) is 13.1 Å². The molecule has 0 spiro atoms. The van der Waals surface area contributed by atoms with E-state index >= 15 is 0 Å². The lowest BCUT2D eigenvalue weighted by molar-refractivity contribution is 0.342. The minimum absolute atomic E-state index is 0.478. The first-order chi connectivity index (χ1) is 8.74. The Balaban J connectivity index is 2.15. The van der Waals surface area contributed by atoms with E-state index in [0.717, 1.165) is 37.2 Å². The topological polar surface area (TPSA) is 46.9 Å². The molecule has 0 bridgehead atoms. The molecular formula is C14H19N3O. The third-order valence-corrected chi connectivity index (χ3v) is 3.46. The fraction of sp³-hybridized carbons (Fsp3) is 0.500. The van der Waals surface area contributed by atoms with Crippen LogP contribution in [0.3, 0.4) is 0 Å². The van der Waals surface area contributed by atoms with Crippen molar-refractivity contribution in [3.8, 4) is 0 Å². The van der Waals surface area contributed by atoms with Crippen LogP contribution in [0.25, 0.3) is 0 Å². The van der Waals surface area contributed by atoms with E-state index in [1.165, 1.54) is 0 Å². The van der Waals surface area contributed by atoms with Crippen molar-refractivity contribution < 1.29 is 4.79 Å². The fourth-order valence-corrected chi connectivity index (χ4v) is 2.31. The second-order valence-electron chi connectivity index (χ2n) is 4.71. The van der Waals surface area contributed by atoms with Gasteiger partial charge in [0, 0.05) is 18.2 Å². The first-order valence-electron chi connectivity index (χ1n) is 6.36. The molecule has 4 nitrogen and oxygen atoms in total. The zero-order chi connectivity index (χ0) is 13.0. The van der Waals surface area contributed by atoms with Crippen molar-refractivity contribution in [3.05, 3.63) is 35.7 Å². The first kappa shape index (κ1) is 12.8. The lowest BCUT2D eigenvalue weighted by Crippen LogP contribution is -2.29. The second-order valence-corrected chi connectivity index (χ2v) is 4.71. The molecule has 0 radical (unpaired) electrons. The van der Waals surface area contributed by atoms with Crippen LogP contribution in [-0.2, 0) is 11.2 Å². The van der Waals surface area contributed by atoms with Crippen molar-refractivity contribution in [1.82, 2.24) is 15.1 Å². The molecule has 1 aromatic rings. The minimum Gasteiger partial charge on any atom is -0.317 e. The van der Waals surface area contributed by atoms with Crippen LogP contribution in [0.2, 0.25) is 0 Å². The number of aromatic nitrogens is 2. The predicted molar refractivity (Wildman–Crippen MR) is 71.2 cm³/mol. The van der Waals surface area contributed by atoms with E-state index in [1.807, 2.05) is 12.9 Å². The molecule has 2 rings (SSSR count). The van der Waals surface area contributed by atoms with Gasteiger partial charge in [-0.05, 0) is 38.4 Å². The van der Waals surface area contributed by atoms with Gasteiger partial charge in [-0.1, -0.05) is 12.7 Å². The van der Waals surface area contributed by atoms with E-state index in [9.17, 15) is 4.79 Å². The molecule has 1 aliphatic heterocycles. The molecule has 1 aromatic heterocycles. The molecule has 0 aliphatic carbocycles. The molecule has 0 unspecified atom stereocenters. The van der Waals surface area contributed by atoms with Crippen molar-refractivity contribution in [3.63, 3.8) is 0 Å². The van der Waals surface area contributed by atoms with Crippen molar-refractivity contribution in [2.24, 2.45) is 0 Å². The highest BCUT2D eigenvalue weighted by molar-refractivity contribution is 5.58. The summed E-state index contributed by atoms with van der Waals surface area (Å²) in [5.41, 5.74) is 2.66. The van der Waals surface area contributed by atoms with E-state index in [2.05, 4.69) is 27.9 Å². The van der Waals surface area contributed by atoms with Gasteiger partial charge in [0.05, 0.1) is 11.7 Å². The van der Waals surface area contributed by atoms with Gasteiger partial charge in [0.15, 0.2) is 0 Å².